The average Bonchev–Trinajstić information content (AvgIpc) is 2.36. The van der Waals surface area contributed by atoms with Gasteiger partial charge in [-0.2, -0.15) is 0 Å². The summed E-state index contributed by atoms with van der Waals surface area (Å²) in [5.74, 6) is 0.740. The van der Waals surface area contributed by atoms with Crippen molar-refractivity contribution in [3.05, 3.63) is 23.9 Å². The summed E-state index contributed by atoms with van der Waals surface area (Å²) >= 11 is 0. The molecule has 1 aromatic rings. The monoisotopic (exact) mass is 264 g/mol. The molecule has 0 aliphatic carbocycles. The third-order valence-electron chi connectivity index (χ3n) is 2.83. The van der Waals surface area contributed by atoms with E-state index in [1.54, 1.807) is 0 Å². The minimum absolute atomic E-state index is 0.110. The van der Waals surface area contributed by atoms with Crippen LogP contribution in [0, 0.1) is 0 Å². The van der Waals surface area contributed by atoms with E-state index in [2.05, 4.69) is 38.0 Å². The molecule has 0 aromatic carbocycles. The molecule has 0 amide bonds. The number of rotatable bonds is 8. The molecule has 1 N–H and O–H groups in total. The molecule has 0 saturated heterocycles. The lowest BCUT2D eigenvalue weighted by Crippen LogP contribution is -2.35. The van der Waals surface area contributed by atoms with Crippen LogP contribution in [0.15, 0.2) is 18.2 Å². The smallest absolute Gasteiger partial charge is 0.213 e. The highest BCUT2D eigenvalue weighted by molar-refractivity contribution is 5.15. The summed E-state index contributed by atoms with van der Waals surface area (Å²) in [4.78, 5) is 4.51. The fraction of sp³-hybridized carbons (Fsp3) is 0.688. The Labute approximate surface area is 117 Å². The van der Waals surface area contributed by atoms with Gasteiger partial charge in [-0.3, -0.25) is 0 Å². The average molecular weight is 264 g/mol. The van der Waals surface area contributed by atoms with Crippen LogP contribution < -0.4 is 10.1 Å². The van der Waals surface area contributed by atoms with Gasteiger partial charge in [-0.1, -0.05) is 32.3 Å². The Bertz CT molecular complexity index is 358. The van der Waals surface area contributed by atoms with Crippen molar-refractivity contribution in [2.45, 2.75) is 65.5 Å². The molecule has 3 nitrogen and oxygen atoms in total. The van der Waals surface area contributed by atoms with Gasteiger partial charge in [0.15, 0.2) is 0 Å². The van der Waals surface area contributed by atoms with Gasteiger partial charge < -0.3 is 10.1 Å². The largest absolute Gasteiger partial charge is 0.478 e. The maximum Gasteiger partial charge on any atom is 0.213 e. The number of ether oxygens (including phenoxy) is 1. The zero-order valence-corrected chi connectivity index (χ0v) is 12.8. The van der Waals surface area contributed by atoms with Crippen molar-refractivity contribution in [1.29, 1.82) is 0 Å². The highest BCUT2D eigenvalue weighted by Crippen LogP contribution is 2.10. The number of aromatic nitrogens is 1. The zero-order valence-electron chi connectivity index (χ0n) is 12.8. The molecule has 108 valence electrons. The predicted molar refractivity (Wildman–Crippen MR) is 80.5 cm³/mol. The van der Waals surface area contributed by atoms with Crippen LogP contribution in [0.5, 0.6) is 5.88 Å². The lowest BCUT2D eigenvalue weighted by Gasteiger charge is -2.20. The minimum atomic E-state index is 0.110. The van der Waals surface area contributed by atoms with Gasteiger partial charge in [0.1, 0.15) is 0 Å². The number of hydrogen-bond acceptors (Lipinski definition) is 3. The molecule has 1 heterocycles. The Kier molecular flexibility index (Phi) is 6.85. The maximum atomic E-state index is 5.69. The molecule has 3 heteroatoms. The molecule has 0 aliphatic rings. The summed E-state index contributed by atoms with van der Waals surface area (Å²) in [5, 5.41) is 3.43. The second-order valence-corrected chi connectivity index (χ2v) is 5.98. The SMILES string of the molecule is CCCCCCOc1cccc(CNC(C)(C)C)n1. The first-order valence-electron chi connectivity index (χ1n) is 7.35. The zero-order chi connectivity index (χ0) is 14.1. The molecule has 0 aliphatic heterocycles. The van der Waals surface area contributed by atoms with Gasteiger partial charge in [0.05, 0.1) is 12.3 Å². The van der Waals surface area contributed by atoms with E-state index in [9.17, 15) is 0 Å². The van der Waals surface area contributed by atoms with E-state index in [4.69, 9.17) is 4.74 Å². The molecule has 0 bridgehead atoms. The van der Waals surface area contributed by atoms with Crippen LogP contribution in [0.25, 0.3) is 0 Å². The van der Waals surface area contributed by atoms with E-state index in [1.807, 2.05) is 18.2 Å². The van der Waals surface area contributed by atoms with Crippen LogP contribution in [0.3, 0.4) is 0 Å². The fourth-order valence-corrected chi connectivity index (χ4v) is 1.70. The number of pyridine rings is 1. The first-order valence-corrected chi connectivity index (χ1v) is 7.35. The third kappa shape index (κ3) is 7.83. The Balaban J connectivity index is 2.35. The van der Waals surface area contributed by atoms with E-state index >= 15 is 0 Å². The second kappa shape index (κ2) is 8.16. The summed E-state index contributed by atoms with van der Waals surface area (Å²) in [5.41, 5.74) is 1.14. The number of unbranched alkanes of at least 4 members (excludes halogenated alkanes) is 3. The van der Waals surface area contributed by atoms with Crippen molar-refractivity contribution in [3.8, 4) is 5.88 Å². The predicted octanol–water partition coefficient (Wildman–Crippen LogP) is 3.93. The van der Waals surface area contributed by atoms with Gasteiger partial charge in [0.25, 0.3) is 0 Å². The molecule has 1 rings (SSSR count). The molecular weight excluding hydrogens is 236 g/mol. The normalized spacial score (nSPS) is 11.6. The van der Waals surface area contributed by atoms with Gasteiger partial charge in [-0.25, -0.2) is 4.98 Å². The third-order valence-corrected chi connectivity index (χ3v) is 2.83. The Morgan fingerprint density at radius 2 is 1.95 bits per heavy atom. The summed E-state index contributed by atoms with van der Waals surface area (Å²) in [7, 11) is 0. The van der Waals surface area contributed by atoms with Crippen molar-refractivity contribution in [2.75, 3.05) is 6.61 Å². The van der Waals surface area contributed by atoms with Crippen molar-refractivity contribution in [3.63, 3.8) is 0 Å². The van der Waals surface area contributed by atoms with E-state index in [0.29, 0.717) is 0 Å². The van der Waals surface area contributed by atoms with Crippen molar-refractivity contribution < 1.29 is 4.74 Å². The lowest BCUT2D eigenvalue weighted by molar-refractivity contribution is 0.292. The molecule has 1 aromatic heterocycles. The van der Waals surface area contributed by atoms with Gasteiger partial charge in [0, 0.05) is 18.2 Å². The molecule has 0 unspecified atom stereocenters. The molecule has 0 spiro atoms. The Morgan fingerprint density at radius 1 is 1.16 bits per heavy atom. The lowest BCUT2D eigenvalue weighted by atomic mass is 10.1. The van der Waals surface area contributed by atoms with E-state index in [0.717, 1.165) is 31.1 Å². The van der Waals surface area contributed by atoms with Crippen LogP contribution in [0.2, 0.25) is 0 Å². The number of nitrogens with one attached hydrogen (secondary N) is 1. The maximum absolute atomic E-state index is 5.69. The molecule has 0 atom stereocenters. The molecule has 0 saturated carbocycles. The van der Waals surface area contributed by atoms with Crippen molar-refractivity contribution >= 4 is 0 Å². The fourth-order valence-electron chi connectivity index (χ4n) is 1.70. The van der Waals surface area contributed by atoms with E-state index < -0.39 is 0 Å². The van der Waals surface area contributed by atoms with E-state index in [-0.39, 0.29) is 5.54 Å². The summed E-state index contributed by atoms with van der Waals surface area (Å²) < 4.78 is 5.69. The van der Waals surface area contributed by atoms with Crippen LogP contribution in [0.4, 0.5) is 0 Å². The highest BCUT2D eigenvalue weighted by Gasteiger charge is 2.09. The second-order valence-electron chi connectivity index (χ2n) is 5.98. The first kappa shape index (κ1) is 16.0. The standard InChI is InChI=1S/C16H28N2O/c1-5-6-7-8-12-19-15-11-9-10-14(18-15)13-17-16(2,3)4/h9-11,17H,5-8,12-13H2,1-4H3. The van der Waals surface area contributed by atoms with Crippen LogP contribution in [0.1, 0.15) is 59.1 Å². The Hall–Kier alpha value is -1.09. The summed E-state index contributed by atoms with van der Waals surface area (Å²) in [6.45, 7) is 10.2. The van der Waals surface area contributed by atoms with Crippen LogP contribution in [-0.4, -0.2) is 17.1 Å². The molecule has 0 fully saturated rings. The van der Waals surface area contributed by atoms with E-state index in [1.165, 1.54) is 19.3 Å². The minimum Gasteiger partial charge on any atom is -0.478 e. The summed E-state index contributed by atoms with van der Waals surface area (Å²) in [6, 6.07) is 5.97. The van der Waals surface area contributed by atoms with Crippen LogP contribution in [-0.2, 0) is 6.54 Å². The quantitative estimate of drug-likeness (QED) is 0.722. The van der Waals surface area contributed by atoms with Crippen LogP contribution >= 0.6 is 0 Å². The topological polar surface area (TPSA) is 34.1 Å². The summed E-state index contributed by atoms with van der Waals surface area (Å²) in [6.07, 6.45) is 4.89. The van der Waals surface area contributed by atoms with Gasteiger partial charge in [-0.05, 0) is 33.3 Å². The highest BCUT2D eigenvalue weighted by atomic mass is 16.5. The molecule has 0 radical (unpaired) electrons. The van der Waals surface area contributed by atoms with Crippen molar-refractivity contribution in [1.82, 2.24) is 10.3 Å². The van der Waals surface area contributed by atoms with Gasteiger partial charge in [-0.15, -0.1) is 0 Å². The number of nitrogens with zero attached hydrogens (tertiary/aromatic N) is 1. The van der Waals surface area contributed by atoms with Crippen molar-refractivity contribution in [2.24, 2.45) is 0 Å². The Morgan fingerprint density at radius 3 is 2.63 bits per heavy atom. The first-order chi connectivity index (χ1) is 9.01. The molecule has 19 heavy (non-hydrogen) atoms. The van der Waals surface area contributed by atoms with Gasteiger partial charge in [0.2, 0.25) is 5.88 Å². The molecular formula is C16H28N2O. The van der Waals surface area contributed by atoms with Gasteiger partial charge >= 0.3 is 0 Å². The number of hydrogen-bond donors (Lipinski definition) is 1.